The average molecular weight is 313 g/mol. The second-order valence-corrected chi connectivity index (χ2v) is 6.15. The van der Waals surface area contributed by atoms with Crippen molar-refractivity contribution in [1.29, 1.82) is 0 Å². The van der Waals surface area contributed by atoms with Gasteiger partial charge in [-0.05, 0) is 17.5 Å². The predicted octanol–water partition coefficient (Wildman–Crippen LogP) is 1.20. The first-order chi connectivity index (χ1) is 11.2. The lowest BCUT2D eigenvalue weighted by Gasteiger charge is -2.29. The third-order valence-electron chi connectivity index (χ3n) is 4.67. The highest BCUT2D eigenvalue weighted by atomic mass is 16.3. The fourth-order valence-electron chi connectivity index (χ4n) is 3.43. The largest absolute Gasteiger partial charge is 0.395 e. The van der Waals surface area contributed by atoms with Gasteiger partial charge in [0, 0.05) is 12.6 Å². The molecule has 23 heavy (non-hydrogen) atoms. The number of rotatable bonds is 5. The first-order valence-corrected chi connectivity index (χ1v) is 8.01. The van der Waals surface area contributed by atoms with Gasteiger partial charge in [-0.1, -0.05) is 60.7 Å². The van der Waals surface area contributed by atoms with Crippen LogP contribution >= 0.6 is 0 Å². The molecule has 1 aliphatic heterocycles. The van der Waals surface area contributed by atoms with Crippen molar-refractivity contribution in [2.24, 2.45) is 0 Å². The lowest BCUT2D eigenvalue weighted by molar-refractivity contribution is 0.0178. The zero-order valence-corrected chi connectivity index (χ0v) is 13.0. The van der Waals surface area contributed by atoms with Crippen LogP contribution in [0.15, 0.2) is 60.7 Å². The second kappa shape index (κ2) is 7.23. The predicted molar refractivity (Wildman–Crippen MR) is 88.8 cm³/mol. The van der Waals surface area contributed by atoms with Crippen molar-refractivity contribution >= 4 is 0 Å². The molecule has 4 atom stereocenters. The van der Waals surface area contributed by atoms with Crippen molar-refractivity contribution in [3.63, 3.8) is 0 Å². The molecule has 4 nitrogen and oxygen atoms in total. The molecule has 2 aromatic rings. The Morgan fingerprint density at radius 1 is 0.739 bits per heavy atom. The molecule has 4 heteroatoms. The summed E-state index contributed by atoms with van der Waals surface area (Å²) in [5, 5.41) is 30.4. The molecule has 0 bridgehead atoms. The summed E-state index contributed by atoms with van der Waals surface area (Å²) in [6, 6.07) is 19.2. The summed E-state index contributed by atoms with van der Waals surface area (Å²) in [5.41, 5.74) is 2.21. The van der Waals surface area contributed by atoms with Crippen molar-refractivity contribution in [2.45, 2.75) is 37.3 Å². The van der Waals surface area contributed by atoms with Crippen LogP contribution in [0.3, 0.4) is 0 Å². The van der Waals surface area contributed by atoms with Crippen molar-refractivity contribution < 1.29 is 15.3 Å². The standard InChI is InChI=1S/C19H23NO3/c21-13-17-19(23)18(22)16(11-14-7-3-1-4-8-14)20(17)12-15-9-5-2-6-10-15/h1-10,16-19,21-23H,11-13H2/t16-,17+,18-,19+/m0/s1. The van der Waals surface area contributed by atoms with Crippen LogP contribution in [0.5, 0.6) is 0 Å². The van der Waals surface area contributed by atoms with Gasteiger partial charge in [0.15, 0.2) is 0 Å². The van der Waals surface area contributed by atoms with Gasteiger partial charge in [0.1, 0.15) is 0 Å². The summed E-state index contributed by atoms with van der Waals surface area (Å²) in [5.74, 6) is 0. The Labute approximate surface area is 136 Å². The van der Waals surface area contributed by atoms with Gasteiger partial charge in [0.05, 0.1) is 24.9 Å². The Hall–Kier alpha value is -1.72. The lowest BCUT2D eigenvalue weighted by atomic mass is 10.0. The molecule has 0 amide bonds. The maximum Gasteiger partial charge on any atom is 0.0991 e. The van der Waals surface area contributed by atoms with Crippen LogP contribution < -0.4 is 0 Å². The third-order valence-corrected chi connectivity index (χ3v) is 4.67. The first kappa shape index (κ1) is 16.1. The van der Waals surface area contributed by atoms with Crippen LogP contribution in [0.2, 0.25) is 0 Å². The minimum Gasteiger partial charge on any atom is -0.395 e. The molecule has 1 saturated heterocycles. The lowest BCUT2D eigenvalue weighted by Crippen LogP contribution is -2.41. The molecule has 2 aromatic carbocycles. The van der Waals surface area contributed by atoms with Crippen LogP contribution in [-0.2, 0) is 13.0 Å². The van der Waals surface area contributed by atoms with Gasteiger partial charge in [-0.25, -0.2) is 0 Å². The highest BCUT2D eigenvalue weighted by Crippen LogP contribution is 2.29. The van der Waals surface area contributed by atoms with Gasteiger partial charge in [-0.2, -0.15) is 0 Å². The fourth-order valence-corrected chi connectivity index (χ4v) is 3.43. The molecule has 0 saturated carbocycles. The van der Waals surface area contributed by atoms with Crippen LogP contribution in [0.4, 0.5) is 0 Å². The van der Waals surface area contributed by atoms with Crippen molar-refractivity contribution in [2.75, 3.05) is 6.61 Å². The third kappa shape index (κ3) is 3.46. The highest BCUT2D eigenvalue weighted by molar-refractivity contribution is 5.20. The summed E-state index contributed by atoms with van der Waals surface area (Å²) in [4.78, 5) is 2.03. The van der Waals surface area contributed by atoms with E-state index in [0.717, 1.165) is 11.1 Å². The number of likely N-dealkylation sites (tertiary alicyclic amines) is 1. The smallest absolute Gasteiger partial charge is 0.0991 e. The molecule has 1 aliphatic rings. The van der Waals surface area contributed by atoms with Gasteiger partial charge < -0.3 is 15.3 Å². The molecule has 0 aliphatic carbocycles. The molecule has 0 spiro atoms. The van der Waals surface area contributed by atoms with Gasteiger partial charge in [0.2, 0.25) is 0 Å². The Kier molecular flexibility index (Phi) is 5.08. The van der Waals surface area contributed by atoms with E-state index in [2.05, 4.69) is 0 Å². The summed E-state index contributed by atoms with van der Waals surface area (Å²) in [6.45, 7) is 0.425. The molecule has 1 heterocycles. The average Bonchev–Trinajstić information content (AvgIpc) is 2.81. The van der Waals surface area contributed by atoms with Crippen LogP contribution in [-0.4, -0.2) is 51.1 Å². The molecule has 1 fully saturated rings. The minimum absolute atomic E-state index is 0.170. The Bertz CT molecular complexity index is 605. The van der Waals surface area contributed by atoms with Gasteiger partial charge >= 0.3 is 0 Å². The van der Waals surface area contributed by atoms with Crippen LogP contribution in [0, 0.1) is 0 Å². The van der Waals surface area contributed by atoms with E-state index in [4.69, 9.17) is 0 Å². The van der Waals surface area contributed by atoms with Crippen LogP contribution in [0.25, 0.3) is 0 Å². The summed E-state index contributed by atoms with van der Waals surface area (Å²) in [7, 11) is 0. The first-order valence-electron chi connectivity index (χ1n) is 8.01. The zero-order valence-electron chi connectivity index (χ0n) is 13.0. The number of hydrogen-bond donors (Lipinski definition) is 3. The van der Waals surface area contributed by atoms with Gasteiger partial charge in [-0.15, -0.1) is 0 Å². The maximum atomic E-state index is 10.5. The number of nitrogens with zero attached hydrogens (tertiary/aromatic N) is 1. The summed E-state index contributed by atoms with van der Waals surface area (Å²) < 4.78 is 0. The molecule has 0 aromatic heterocycles. The van der Waals surface area contributed by atoms with Crippen molar-refractivity contribution in [3.8, 4) is 0 Å². The fraction of sp³-hybridized carbons (Fsp3) is 0.368. The van der Waals surface area contributed by atoms with E-state index in [1.807, 2.05) is 65.6 Å². The monoisotopic (exact) mass is 313 g/mol. The summed E-state index contributed by atoms with van der Waals surface area (Å²) in [6.07, 6.45) is -1.16. The van der Waals surface area contributed by atoms with E-state index in [9.17, 15) is 15.3 Å². The number of hydrogen-bond acceptors (Lipinski definition) is 4. The molecular formula is C19H23NO3. The number of aliphatic hydroxyl groups is 3. The summed E-state index contributed by atoms with van der Waals surface area (Å²) >= 11 is 0. The van der Waals surface area contributed by atoms with E-state index >= 15 is 0 Å². The molecule has 0 radical (unpaired) electrons. The molecule has 3 N–H and O–H groups in total. The Balaban J connectivity index is 1.84. The zero-order chi connectivity index (χ0) is 16.2. The van der Waals surface area contributed by atoms with E-state index in [0.29, 0.717) is 13.0 Å². The molecular weight excluding hydrogens is 290 g/mol. The number of aliphatic hydroxyl groups excluding tert-OH is 3. The second-order valence-electron chi connectivity index (χ2n) is 6.15. The SMILES string of the molecule is OC[C@@H]1[C@@H](O)[C@@H](O)[C@H](Cc2ccccc2)N1Cc1ccccc1. The van der Waals surface area contributed by atoms with Gasteiger partial charge in [0.25, 0.3) is 0 Å². The highest BCUT2D eigenvalue weighted by Gasteiger charge is 2.46. The quantitative estimate of drug-likeness (QED) is 0.776. The van der Waals surface area contributed by atoms with E-state index in [1.165, 1.54) is 0 Å². The van der Waals surface area contributed by atoms with Crippen molar-refractivity contribution in [1.82, 2.24) is 4.90 Å². The Morgan fingerprint density at radius 3 is 1.83 bits per heavy atom. The molecule has 0 unspecified atom stereocenters. The Morgan fingerprint density at radius 2 is 1.26 bits per heavy atom. The van der Waals surface area contributed by atoms with E-state index < -0.39 is 18.2 Å². The van der Waals surface area contributed by atoms with E-state index in [1.54, 1.807) is 0 Å². The maximum absolute atomic E-state index is 10.5. The van der Waals surface area contributed by atoms with E-state index in [-0.39, 0.29) is 12.6 Å². The normalized spacial score (nSPS) is 28.1. The topological polar surface area (TPSA) is 63.9 Å². The molecule has 3 rings (SSSR count). The van der Waals surface area contributed by atoms with Gasteiger partial charge in [-0.3, -0.25) is 4.90 Å². The molecule has 122 valence electrons. The minimum atomic E-state index is -0.933. The van der Waals surface area contributed by atoms with Crippen molar-refractivity contribution in [3.05, 3.63) is 71.8 Å². The van der Waals surface area contributed by atoms with Crippen LogP contribution in [0.1, 0.15) is 11.1 Å². The number of benzene rings is 2.